The van der Waals surface area contributed by atoms with Gasteiger partial charge in [-0.15, -0.1) is 0 Å². The molecule has 0 bridgehead atoms. The molecular formula is C16H12ClFN2O5. The zero-order valence-electron chi connectivity index (χ0n) is 12.6. The third kappa shape index (κ3) is 4.92. The monoisotopic (exact) mass is 366 g/mol. The lowest BCUT2D eigenvalue weighted by atomic mass is 10.1. The summed E-state index contributed by atoms with van der Waals surface area (Å²) in [5, 5.41) is 9.01. The van der Waals surface area contributed by atoms with E-state index in [2.05, 4.69) is 10.9 Å². The minimum atomic E-state index is -1.27. The van der Waals surface area contributed by atoms with Crippen molar-refractivity contribution in [3.05, 3.63) is 64.4 Å². The smallest absolute Gasteiger partial charge is 0.336 e. The maximum absolute atomic E-state index is 12.9. The van der Waals surface area contributed by atoms with Crippen molar-refractivity contribution in [2.24, 2.45) is 0 Å². The molecule has 0 aliphatic rings. The molecule has 0 spiro atoms. The zero-order chi connectivity index (χ0) is 18.4. The summed E-state index contributed by atoms with van der Waals surface area (Å²) in [5.41, 5.74) is 3.84. The third-order valence-corrected chi connectivity index (χ3v) is 3.27. The fourth-order valence-electron chi connectivity index (χ4n) is 1.83. The first-order chi connectivity index (χ1) is 11.9. The summed E-state index contributed by atoms with van der Waals surface area (Å²) < 4.78 is 18.0. The Morgan fingerprint density at radius 1 is 1.08 bits per heavy atom. The molecule has 0 heterocycles. The van der Waals surface area contributed by atoms with Crippen LogP contribution < -0.4 is 15.6 Å². The highest BCUT2D eigenvalue weighted by atomic mass is 35.5. The predicted octanol–water partition coefficient (Wildman–Crippen LogP) is 2.02. The van der Waals surface area contributed by atoms with E-state index in [1.165, 1.54) is 30.3 Å². The van der Waals surface area contributed by atoms with Gasteiger partial charge in [0, 0.05) is 0 Å². The van der Waals surface area contributed by atoms with Crippen LogP contribution in [0.1, 0.15) is 20.7 Å². The molecule has 0 aliphatic heterocycles. The van der Waals surface area contributed by atoms with Crippen molar-refractivity contribution < 1.29 is 28.6 Å². The molecule has 2 aromatic rings. The van der Waals surface area contributed by atoms with Crippen molar-refractivity contribution in [1.82, 2.24) is 10.9 Å². The molecule has 7 nitrogen and oxygen atoms in total. The van der Waals surface area contributed by atoms with E-state index >= 15 is 0 Å². The summed E-state index contributed by atoms with van der Waals surface area (Å²) in [6.45, 7) is -0.494. The summed E-state index contributed by atoms with van der Waals surface area (Å²) in [7, 11) is 0. The minimum absolute atomic E-state index is 0.00720. The van der Waals surface area contributed by atoms with Crippen LogP contribution in [-0.4, -0.2) is 29.5 Å². The Bertz CT molecular complexity index is 828. The number of nitrogens with one attached hydrogen (secondary N) is 2. The van der Waals surface area contributed by atoms with E-state index in [-0.39, 0.29) is 21.9 Å². The van der Waals surface area contributed by atoms with Crippen LogP contribution in [0.5, 0.6) is 5.75 Å². The summed E-state index contributed by atoms with van der Waals surface area (Å²) in [4.78, 5) is 34.7. The molecule has 3 N–H and O–H groups in total. The largest absolute Gasteiger partial charge is 0.482 e. The first-order valence-corrected chi connectivity index (χ1v) is 7.25. The number of carbonyl (C=O) groups excluding carboxylic acids is 2. The second kappa shape index (κ2) is 8.11. The highest BCUT2D eigenvalue weighted by Gasteiger charge is 2.16. The number of hydrogen-bond acceptors (Lipinski definition) is 4. The van der Waals surface area contributed by atoms with E-state index in [9.17, 15) is 18.8 Å². The molecule has 2 amide bonds. The third-order valence-electron chi connectivity index (χ3n) is 2.97. The van der Waals surface area contributed by atoms with Crippen LogP contribution >= 0.6 is 11.6 Å². The molecule has 0 aliphatic carbocycles. The van der Waals surface area contributed by atoms with Gasteiger partial charge in [-0.3, -0.25) is 20.4 Å². The molecular weight excluding hydrogens is 355 g/mol. The van der Waals surface area contributed by atoms with Crippen LogP contribution in [-0.2, 0) is 4.79 Å². The van der Waals surface area contributed by atoms with Gasteiger partial charge in [0.2, 0.25) is 0 Å². The number of carbonyl (C=O) groups is 3. The van der Waals surface area contributed by atoms with E-state index in [4.69, 9.17) is 21.4 Å². The molecule has 25 heavy (non-hydrogen) atoms. The average Bonchev–Trinajstić information content (AvgIpc) is 2.58. The molecule has 0 unspecified atom stereocenters. The summed E-state index contributed by atoms with van der Waals surface area (Å²) >= 11 is 5.75. The Hall–Kier alpha value is -3.13. The fraction of sp³-hybridized carbons (Fsp3) is 0.0625. The molecule has 0 radical (unpaired) electrons. The van der Waals surface area contributed by atoms with Crippen LogP contribution in [0.15, 0.2) is 42.5 Å². The standard InChI is InChI=1S/C16H12ClFN2O5/c17-12-7-9(18)5-6-13(12)25-8-14(21)19-20-15(22)10-3-1-2-4-11(10)16(23)24/h1-7H,8H2,(H,19,21)(H,20,22)(H,23,24). The second-order valence-electron chi connectivity index (χ2n) is 4.72. The van der Waals surface area contributed by atoms with E-state index < -0.39 is 30.2 Å². The van der Waals surface area contributed by atoms with Gasteiger partial charge in [0.1, 0.15) is 11.6 Å². The van der Waals surface area contributed by atoms with E-state index in [0.29, 0.717) is 0 Å². The Balaban J connectivity index is 1.90. The predicted molar refractivity (Wildman–Crippen MR) is 85.9 cm³/mol. The number of carboxylic acid groups (broad SMARTS) is 1. The number of rotatable bonds is 5. The molecule has 2 rings (SSSR count). The van der Waals surface area contributed by atoms with Crippen molar-refractivity contribution in [2.75, 3.05) is 6.61 Å². The lowest BCUT2D eigenvalue weighted by Crippen LogP contribution is -2.44. The maximum atomic E-state index is 12.9. The zero-order valence-corrected chi connectivity index (χ0v) is 13.3. The molecule has 0 saturated carbocycles. The molecule has 0 aromatic heterocycles. The topological polar surface area (TPSA) is 105 Å². The van der Waals surface area contributed by atoms with Crippen molar-refractivity contribution in [3.63, 3.8) is 0 Å². The Kier molecular flexibility index (Phi) is 5.91. The molecule has 9 heteroatoms. The lowest BCUT2D eigenvalue weighted by Gasteiger charge is -2.10. The molecule has 0 saturated heterocycles. The Morgan fingerprint density at radius 2 is 1.76 bits per heavy atom. The number of carboxylic acids is 1. The van der Waals surface area contributed by atoms with Gasteiger partial charge >= 0.3 is 5.97 Å². The molecule has 130 valence electrons. The molecule has 0 fully saturated rings. The van der Waals surface area contributed by atoms with Gasteiger partial charge in [-0.05, 0) is 30.3 Å². The first kappa shape index (κ1) is 18.2. The van der Waals surface area contributed by atoms with Gasteiger partial charge in [0.25, 0.3) is 11.8 Å². The van der Waals surface area contributed by atoms with Gasteiger partial charge in [0.15, 0.2) is 6.61 Å². The highest BCUT2D eigenvalue weighted by Crippen LogP contribution is 2.24. The van der Waals surface area contributed by atoms with Crippen molar-refractivity contribution in [3.8, 4) is 5.75 Å². The van der Waals surface area contributed by atoms with Crippen molar-refractivity contribution in [2.45, 2.75) is 0 Å². The number of aromatic carboxylic acids is 1. The quantitative estimate of drug-likeness (QED) is 0.702. The average molecular weight is 367 g/mol. The molecule has 0 atom stereocenters. The maximum Gasteiger partial charge on any atom is 0.336 e. The SMILES string of the molecule is O=C(COc1ccc(F)cc1Cl)NNC(=O)c1ccccc1C(=O)O. The van der Waals surface area contributed by atoms with E-state index in [1.54, 1.807) is 0 Å². The highest BCUT2D eigenvalue weighted by molar-refractivity contribution is 6.32. The number of amides is 2. The second-order valence-corrected chi connectivity index (χ2v) is 5.12. The first-order valence-electron chi connectivity index (χ1n) is 6.88. The number of ether oxygens (including phenoxy) is 1. The van der Waals surface area contributed by atoms with E-state index in [1.807, 2.05) is 0 Å². The van der Waals surface area contributed by atoms with Crippen LogP contribution in [0.25, 0.3) is 0 Å². The van der Waals surface area contributed by atoms with Gasteiger partial charge in [-0.25, -0.2) is 9.18 Å². The van der Waals surface area contributed by atoms with Crippen molar-refractivity contribution in [1.29, 1.82) is 0 Å². The van der Waals surface area contributed by atoms with Crippen LogP contribution in [0.3, 0.4) is 0 Å². The van der Waals surface area contributed by atoms with Crippen LogP contribution in [0.2, 0.25) is 5.02 Å². The normalized spacial score (nSPS) is 10.0. The van der Waals surface area contributed by atoms with E-state index in [0.717, 1.165) is 12.1 Å². The fourth-order valence-corrected chi connectivity index (χ4v) is 2.05. The Morgan fingerprint density at radius 3 is 2.40 bits per heavy atom. The lowest BCUT2D eigenvalue weighted by molar-refractivity contribution is -0.123. The number of hydrazine groups is 1. The van der Waals surface area contributed by atoms with Crippen LogP contribution in [0, 0.1) is 5.82 Å². The summed E-state index contributed by atoms with van der Waals surface area (Å²) in [6, 6.07) is 8.93. The van der Waals surface area contributed by atoms with Gasteiger partial charge in [-0.2, -0.15) is 0 Å². The molecule has 2 aromatic carbocycles. The van der Waals surface area contributed by atoms with Gasteiger partial charge in [-0.1, -0.05) is 23.7 Å². The number of benzene rings is 2. The number of hydrogen-bond donors (Lipinski definition) is 3. The Labute approximate surface area is 146 Å². The van der Waals surface area contributed by atoms with Gasteiger partial charge in [0.05, 0.1) is 16.1 Å². The minimum Gasteiger partial charge on any atom is -0.482 e. The van der Waals surface area contributed by atoms with Crippen LogP contribution in [0.4, 0.5) is 4.39 Å². The van der Waals surface area contributed by atoms with Gasteiger partial charge < -0.3 is 9.84 Å². The summed E-state index contributed by atoms with van der Waals surface area (Å²) in [5.74, 6) is -3.24. The summed E-state index contributed by atoms with van der Waals surface area (Å²) in [6.07, 6.45) is 0. The number of halogens is 2. The van der Waals surface area contributed by atoms with Crippen molar-refractivity contribution >= 4 is 29.4 Å².